The van der Waals surface area contributed by atoms with Crippen LogP contribution in [0.15, 0.2) is 65.4 Å². The molecule has 33 heavy (non-hydrogen) atoms. The molecule has 4 aromatic rings. The molecule has 0 bridgehead atoms. The van der Waals surface area contributed by atoms with E-state index in [1.165, 1.54) is 5.56 Å². The van der Waals surface area contributed by atoms with E-state index in [4.69, 9.17) is 14.5 Å². The highest BCUT2D eigenvalue weighted by Gasteiger charge is 2.34. The largest absolute Gasteiger partial charge is 0.493 e. The number of rotatable bonds is 6. The molecular weight excluding hydrogens is 452 g/mol. The van der Waals surface area contributed by atoms with Crippen LogP contribution >= 0.6 is 22.7 Å². The van der Waals surface area contributed by atoms with Gasteiger partial charge in [0, 0.05) is 22.4 Å². The molecule has 0 radical (unpaired) electrons. The molecule has 1 atom stereocenters. The van der Waals surface area contributed by atoms with E-state index < -0.39 is 0 Å². The van der Waals surface area contributed by atoms with E-state index in [9.17, 15) is 4.79 Å². The number of aromatic nitrogens is 1. The van der Waals surface area contributed by atoms with Crippen LogP contribution in [0.2, 0.25) is 0 Å². The Labute approximate surface area is 201 Å². The van der Waals surface area contributed by atoms with Crippen molar-refractivity contribution in [3.63, 3.8) is 0 Å². The van der Waals surface area contributed by atoms with Gasteiger partial charge < -0.3 is 14.4 Å². The number of amides is 1. The van der Waals surface area contributed by atoms with Gasteiger partial charge in [-0.15, -0.1) is 22.7 Å². The van der Waals surface area contributed by atoms with Gasteiger partial charge in [0.2, 0.25) is 5.91 Å². The number of nitrogens with zero attached hydrogens (tertiary/aromatic N) is 2. The molecule has 2 aromatic heterocycles. The quantitative estimate of drug-likeness (QED) is 0.363. The Hall–Kier alpha value is -3.16. The molecule has 3 heterocycles. The normalized spacial score (nSPS) is 15.2. The van der Waals surface area contributed by atoms with Crippen LogP contribution in [0.3, 0.4) is 0 Å². The second kappa shape index (κ2) is 9.37. The maximum Gasteiger partial charge on any atom is 0.229 e. The summed E-state index contributed by atoms with van der Waals surface area (Å²) in [7, 11) is 3.29. The molecule has 0 spiro atoms. The lowest BCUT2D eigenvalue weighted by Crippen LogP contribution is -2.41. The summed E-state index contributed by atoms with van der Waals surface area (Å²) in [4.78, 5) is 21.4. The number of thiazole rings is 1. The van der Waals surface area contributed by atoms with Crippen molar-refractivity contribution >= 4 is 28.6 Å². The molecule has 0 saturated heterocycles. The van der Waals surface area contributed by atoms with Gasteiger partial charge in [-0.05, 0) is 41.1 Å². The molecule has 168 valence electrons. The highest BCUT2D eigenvalue weighted by Crippen LogP contribution is 2.42. The van der Waals surface area contributed by atoms with Crippen LogP contribution in [0.1, 0.15) is 27.7 Å². The Morgan fingerprint density at radius 3 is 2.58 bits per heavy atom. The van der Waals surface area contributed by atoms with E-state index in [2.05, 4.69) is 11.4 Å². The fraction of sp³-hybridized carbons (Fsp3) is 0.231. The van der Waals surface area contributed by atoms with Crippen LogP contribution < -0.4 is 9.47 Å². The first-order valence-corrected chi connectivity index (χ1v) is 12.5. The predicted octanol–water partition coefficient (Wildman–Crippen LogP) is 5.61. The maximum atomic E-state index is 13.5. The molecule has 7 heteroatoms. The third-order valence-electron chi connectivity index (χ3n) is 5.91. The number of benzene rings is 2. The van der Waals surface area contributed by atoms with E-state index in [-0.39, 0.29) is 18.4 Å². The number of ether oxygens (including phenoxy) is 2. The Morgan fingerprint density at radius 2 is 1.85 bits per heavy atom. The van der Waals surface area contributed by atoms with E-state index in [1.807, 2.05) is 58.8 Å². The minimum absolute atomic E-state index is 0.0822. The summed E-state index contributed by atoms with van der Waals surface area (Å²) in [6.07, 6.45) is 1.06. The second-order valence-electron chi connectivity index (χ2n) is 7.85. The van der Waals surface area contributed by atoms with E-state index >= 15 is 0 Å². The summed E-state index contributed by atoms with van der Waals surface area (Å²) in [5, 5.41) is 4.99. The molecule has 0 aliphatic carbocycles. The van der Waals surface area contributed by atoms with Crippen LogP contribution in [0.25, 0.3) is 10.6 Å². The Bertz CT molecular complexity index is 1250. The molecule has 0 saturated carbocycles. The van der Waals surface area contributed by atoms with Crippen molar-refractivity contribution in [2.75, 3.05) is 20.8 Å². The van der Waals surface area contributed by atoms with Crippen molar-refractivity contribution in [1.82, 2.24) is 9.88 Å². The Morgan fingerprint density at radius 1 is 1.06 bits per heavy atom. The first kappa shape index (κ1) is 21.7. The summed E-state index contributed by atoms with van der Waals surface area (Å²) in [6.45, 7) is 0.652. The lowest BCUT2D eigenvalue weighted by Gasteiger charge is -2.37. The van der Waals surface area contributed by atoms with Gasteiger partial charge in [-0.25, -0.2) is 4.98 Å². The number of hydrogen-bond acceptors (Lipinski definition) is 6. The van der Waals surface area contributed by atoms with Gasteiger partial charge in [0.15, 0.2) is 11.5 Å². The fourth-order valence-corrected chi connectivity index (χ4v) is 6.01. The van der Waals surface area contributed by atoms with Gasteiger partial charge in [0.1, 0.15) is 5.01 Å². The zero-order valence-electron chi connectivity index (χ0n) is 18.5. The summed E-state index contributed by atoms with van der Waals surface area (Å²) in [5.41, 5.74) is 4.17. The molecule has 0 fully saturated rings. The molecule has 2 aromatic carbocycles. The molecule has 5 rings (SSSR count). The Kier molecular flexibility index (Phi) is 6.15. The van der Waals surface area contributed by atoms with E-state index in [0.717, 1.165) is 38.9 Å². The summed E-state index contributed by atoms with van der Waals surface area (Å²) in [5.74, 6) is 1.48. The van der Waals surface area contributed by atoms with Crippen LogP contribution in [0.4, 0.5) is 0 Å². The molecule has 1 aliphatic rings. The standard InChI is InChI=1S/C26H24N2O3S2/c1-30-21-13-18-10-11-28(25(23-9-6-12-32-23)20(18)15-22(21)31-2)24(29)14-19-16-33-26(27-19)17-7-4-3-5-8-17/h3-9,12-13,15-16,25H,10-11,14H2,1-2H3. The Balaban J connectivity index is 1.45. The van der Waals surface area contributed by atoms with Crippen LogP contribution in [-0.4, -0.2) is 36.6 Å². The van der Waals surface area contributed by atoms with Crippen molar-refractivity contribution in [1.29, 1.82) is 0 Å². The first-order valence-electron chi connectivity index (χ1n) is 10.8. The summed E-state index contributed by atoms with van der Waals surface area (Å²) >= 11 is 3.24. The van der Waals surface area contributed by atoms with Gasteiger partial charge in [-0.3, -0.25) is 4.79 Å². The number of hydrogen-bond donors (Lipinski definition) is 0. The third-order valence-corrected chi connectivity index (χ3v) is 7.78. The highest BCUT2D eigenvalue weighted by molar-refractivity contribution is 7.13. The fourth-order valence-electron chi connectivity index (χ4n) is 4.33. The molecule has 1 unspecified atom stereocenters. The third kappa shape index (κ3) is 4.26. The van der Waals surface area contributed by atoms with Crippen LogP contribution in [-0.2, 0) is 17.6 Å². The lowest BCUT2D eigenvalue weighted by molar-refractivity contribution is -0.132. The van der Waals surface area contributed by atoms with Gasteiger partial charge >= 0.3 is 0 Å². The zero-order chi connectivity index (χ0) is 22.8. The number of fused-ring (bicyclic) bond motifs is 1. The average molecular weight is 477 g/mol. The van der Waals surface area contributed by atoms with Crippen molar-refractivity contribution in [2.24, 2.45) is 0 Å². The monoisotopic (exact) mass is 476 g/mol. The first-order chi connectivity index (χ1) is 16.2. The number of carbonyl (C=O) groups is 1. The van der Waals surface area contributed by atoms with Crippen LogP contribution in [0, 0.1) is 0 Å². The van der Waals surface area contributed by atoms with E-state index in [0.29, 0.717) is 12.3 Å². The van der Waals surface area contributed by atoms with Crippen molar-refractivity contribution in [3.8, 4) is 22.1 Å². The molecule has 0 N–H and O–H groups in total. The van der Waals surface area contributed by atoms with Gasteiger partial charge in [-0.2, -0.15) is 0 Å². The summed E-state index contributed by atoms with van der Waals surface area (Å²) < 4.78 is 11.1. The molecule has 1 amide bonds. The maximum absolute atomic E-state index is 13.5. The topological polar surface area (TPSA) is 51.7 Å². The number of carbonyl (C=O) groups excluding carboxylic acids is 1. The zero-order valence-corrected chi connectivity index (χ0v) is 20.1. The van der Waals surface area contributed by atoms with E-state index in [1.54, 1.807) is 36.9 Å². The minimum atomic E-state index is -0.145. The molecule has 1 aliphatic heterocycles. The van der Waals surface area contributed by atoms with Crippen molar-refractivity contribution < 1.29 is 14.3 Å². The molecule has 5 nitrogen and oxygen atoms in total. The smallest absolute Gasteiger partial charge is 0.229 e. The van der Waals surface area contributed by atoms with Crippen molar-refractivity contribution in [3.05, 3.63) is 87.1 Å². The number of thiophene rings is 1. The lowest BCUT2D eigenvalue weighted by atomic mass is 9.90. The average Bonchev–Trinajstić information content (AvgIpc) is 3.55. The van der Waals surface area contributed by atoms with Gasteiger partial charge in [0.25, 0.3) is 0 Å². The van der Waals surface area contributed by atoms with Gasteiger partial charge in [0.05, 0.1) is 32.4 Å². The second-order valence-corrected chi connectivity index (χ2v) is 9.69. The highest BCUT2D eigenvalue weighted by atomic mass is 32.1. The van der Waals surface area contributed by atoms with Crippen molar-refractivity contribution in [2.45, 2.75) is 18.9 Å². The van der Waals surface area contributed by atoms with Gasteiger partial charge in [-0.1, -0.05) is 36.4 Å². The van der Waals surface area contributed by atoms with Crippen LogP contribution in [0.5, 0.6) is 11.5 Å². The minimum Gasteiger partial charge on any atom is -0.493 e. The SMILES string of the molecule is COc1cc2c(cc1OC)C(c1cccs1)N(C(=O)Cc1csc(-c3ccccc3)n1)CC2. The summed E-state index contributed by atoms with van der Waals surface area (Å²) in [6, 6.07) is 18.1. The molecular formula is C26H24N2O3S2. The number of methoxy groups -OCH3 is 2. The predicted molar refractivity (Wildman–Crippen MR) is 132 cm³/mol.